The highest BCUT2D eigenvalue weighted by Gasteiger charge is 2.15. The molecular weight excluding hydrogens is 451 g/mol. The molecule has 5 rings (SSSR count). The number of nitrogens with zero attached hydrogens (tertiary/aromatic N) is 3. The third kappa shape index (κ3) is 4.93. The van der Waals surface area contributed by atoms with Crippen LogP contribution in [0.15, 0.2) is 71.9 Å². The minimum absolute atomic E-state index is 0.636. The van der Waals surface area contributed by atoms with Crippen LogP contribution in [0.2, 0.25) is 10.0 Å². The predicted octanol–water partition coefficient (Wildman–Crippen LogP) is 6.30. The van der Waals surface area contributed by atoms with E-state index >= 15 is 0 Å². The fourth-order valence-corrected chi connectivity index (χ4v) is 4.81. The van der Waals surface area contributed by atoms with Crippen LogP contribution in [0.1, 0.15) is 11.1 Å². The van der Waals surface area contributed by atoms with Gasteiger partial charge in [-0.2, -0.15) is 0 Å². The number of likely N-dealkylation sites (N-methyl/N-ethyl adjacent to an activating group) is 1. The third-order valence-electron chi connectivity index (χ3n) is 6.28. The molecule has 2 aliphatic heterocycles. The van der Waals surface area contributed by atoms with Gasteiger partial charge in [0.2, 0.25) is 0 Å². The van der Waals surface area contributed by atoms with Crippen LogP contribution >= 0.6 is 23.2 Å². The summed E-state index contributed by atoms with van der Waals surface area (Å²) in [4.78, 5) is 9.35. The van der Waals surface area contributed by atoms with E-state index in [1.807, 2.05) is 18.3 Å². The second-order valence-electron chi connectivity index (χ2n) is 8.55. The quantitative estimate of drug-likeness (QED) is 0.479. The number of benzene rings is 3. The van der Waals surface area contributed by atoms with Gasteiger partial charge in [-0.3, -0.25) is 4.99 Å². The maximum Gasteiger partial charge on any atom is 0.0660 e. The molecule has 3 aromatic rings. The molecule has 168 valence electrons. The van der Waals surface area contributed by atoms with Crippen molar-refractivity contribution in [2.75, 3.05) is 50.0 Å². The highest BCUT2D eigenvalue weighted by molar-refractivity contribution is 6.36. The molecule has 0 aliphatic carbocycles. The second-order valence-corrected chi connectivity index (χ2v) is 9.39. The van der Waals surface area contributed by atoms with Crippen LogP contribution in [-0.2, 0) is 0 Å². The highest BCUT2D eigenvalue weighted by atomic mass is 35.5. The number of rotatable bonds is 4. The van der Waals surface area contributed by atoms with E-state index in [0.29, 0.717) is 16.6 Å². The number of fused-ring (bicyclic) bond motifs is 1. The van der Waals surface area contributed by atoms with Gasteiger partial charge in [0.25, 0.3) is 0 Å². The zero-order chi connectivity index (χ0) is 22.8. The smallest absolute Gasteiger partial charge is 0.0660 e. The monoisotopic (exact) mass is 476 g/mol. The molecule has 4 nitrogen and oxygen atoms in total. The van der Waals surface area contributed by atoms with E-state index in [9.17, 15) is 0 Å². The van der Waals surface area contributed by atoms with E-state index in [2.05, 4.69) is 75.8 Å². The Balaban J connectivity index is 1.35. The summed E-state index contributed by atoms with van der Waals surface area (Å²) in [5, 5.41) is 4.75. The van der Waals surface area contributed by atoms with Crippen molar-refractivity contribution < 1.29 is 0 Å². The molecule has 0 atom stereocenters. The number of piperazine rings is 1. The van der Waals surface area contributed by atoms with Crippen molar-refractivity contribution in [3.8, 4) is 11.1 Å². The van der Waals surface area contributed by atoms with Crippen molar-refractivity contribution in [2.45, 2.75) is 0 Å². The fraction of sp³-hybridized carbons (Fsp3) is 0.222. The van der Waals surface area contributed by atoms with Crippen molar-refractivity contribution in [2.24, 2.45) is 4.99 Å². The molecule has 2 heterocycles. The Morgan fingerprint density at radius 2 is 1.67 bits per heavy atom. The van der Waals surface area contributed by atoms with E-state index in [4.69, 9.17) is 23.2 Å². The zero-order valence-corrected chi connectivity index (χ0v) is 20.1. The lowest BCUT2D eigenvalue weighted by molar-refractivity contribution is 0.313. The second kappa shape index (κ2) is 9.60. The molecule has 1 saturated heterocycles. The number of hydrogen-bond acceptors (Lipinski definition) is 4. The molecule has 6 heteroatoms. The summed E-state index contributed by atoms with van der Waals surface area (Å²) in [6.07, 6.45) is 4.00. The van der Waals surface area contributed by atoms with Crippen molar-refractivity contribution in [3.05, 3.63) is 88.0 Å². The first kappa shape index (κ1) is 22.0. The average Bonchev–Trinajstić information content (AvgIpc) is 2.83. The van der Waals surface area contributed by atoms with Crippen LogP contribution < -0.4 is 10.2 Å². The minimum atomic E-state index is 0.636. The van der Waals surface area contributed by atoms with E-state index < -0.39 is 0 Å². The Labute approximate surface area is 205 Å². The van der Waals surface area contributed by atoms with Gasteiger partial charge in [0.15, 0.2) is 0 Å². The van der Waals surface area contributed by atoms with Gasteiger partial charge >= 0.3 is 0 Å². The Hall–Kier alpha value is -2.79. The van der Waals surface area contributed by atoms with Gasteiger partial charge in [-0.05, 0) is 71.8 Å². The summed E-state index contributed by atoms with van der Waals surface area (Å²) in [5.41, 5.74) is 7.78. The van der Waals surface area contributed by atoms with Crippen LogP contribution in [0.5, 0.6) is 0 Å². The molecule has 0 amide bonds. The minimum Gasteiger partial charge on any atom is -0.369 e. The molecule has 2 aliphatic rings. The van der Waals surface area contributed by atoms with E-state index in [0.717, 1.165) is 59.7 Å². The summed E-state index contributed by atoms with van der Waals surface area (Å²) in [6, 6.07) is 20.6. The Morgan fingerprint density at radius 3 is 2.42 bits per heavy atom. The van der Waals surface area contributed by atoms with Crippen molar-refractivity contribution >= 4 is 46.4 Å². The van der Waals surface area contributed by atoms with E-state index in [-0.39, 0.29) is 0 Å². The van der Waals surface area contributed by atoms with Gasteiger partial charge < -0.3 is 15.1 Å². The van der Waals surface area contributed by atoms with Gasteiger partial charge in [-0.1, -0.05) is 41.4 Å². The number of halogens is 2. The molecule has 33 heavy (non-hydrogen) atoms. The summed E-state index contributed by atoms with van der Waals surface area (Å²) >= 11 is 12.5. The van der Waals surface area contributed by atoms with Gasteiger partial charge in [0.1, 0.15) is 0 Å². The van der Waals surface area contributed by atoms with Crippen LogP contribution in [-0.4, -0.2) is 50.9 Å². The molecule has 0 unspecified atom stereocenters. The summed E-state index contributed by atoms with van der Waals surface area (Å²) in [5.74, 6) is 0. The Morgan fingerprint density at radius 1 is 0.879 bits per heavy atom. The molecule has 0 saturated carbocycles. The van der Waals surface area contributed by atoms with Gasteiger partial charge in [-0.25, -0.2) is 0 Å². The molecule has 3 aromatic carbocycles. The third-order valence-corrected chi connectivity index (χ3v) is 6.83. The van der Waals surface area contributed by atoms with Gasteiger partial charge in [0, 0.05) is 65.6 Å². The first-order chi connectivity index (χ1) is 16.1. The Bertz CT molecular complexity index is 1210. The molecule has 0 aromatic heterocycles. The van der Waals surface area contributed by atoms with E-state index in [1.54, 1.807) is 6.07 Å². The van der Waals surface area contributed by atoms with Gasteiger partial charge in [-0.15, -0.1) is 0 Å². The standard InChI is InChI=1S/C27H26Cl2N4/c1-32-10-12-33(13-11-32)24-7-5-23(6-8-24)31-18-21-17-30-16-20-3-2-19(14-26(20)21)25-9-4-22(28)15-27(25)29/h2-9,14-16,18,31H,10-13,17H2,1H3. The SMILES string of the molecule is CN1CCN(c2ccc(NC=C3CN=Cc4ccc(-c5ccc(Cl)cc5Cl)cc43)cc2)CC1. The van der Waals surface area contributed by atoms with Crippen molar-refractivity contribution in [1.82, 2.24) is 4.90 Å². The average molecular weight is 477 g/mol. The number of nitrogens with one attached hydrogen (secondary N) is 1. The number of hydrogen-bond donors (Lipinski definition) is 1. The van der Waals surface area contributed by atoms with Gasteiger partial charge in [0.05, 0.1) is 6.54 Å². The fourth-order valence-electron chi connectivity index (χ4n) is 4.29. The van der Waals surface area contributed by atoms with Crippen LogP contribution in [0.25, 0.3) is 16.7 Å². The molecule has 1 N–H and O–H groups in total. The first-order valence-corrected chi connectivity index (χ1v) is 11.9. The molecule has 0 bridgehead atoms. The topological polar surface area (TPSA) is 30.9 Å². The molecular formula is C27H26Cl2N4. The Kier molecular flexibility index (Phi) is 6.41. The van der Waals surface area contributed by atoms with Crippen LogP contribution in [0.3, 0.4) is 0 Å². The molecule has 1 fully saturated rings. The maximum atomic E-state index is 6.46. The lowest BCUT2D eigenvalue weighted by Gasteiger charge is -2.34. The predicted molar refractivity (Wildman–Crippen MR) is 142 cm³/mol. The van der Waals surface area contributed by atoms with Crippen molar-refractivity contribution in [3.63, 3.8) is 0 Å². The highest BCUT2D eigenvalue weighted by Crippen LogP contribution is 2.34. The zero-order valence-electron chi connectivity index (χ0n) is 18.6. The maximum absolute atomic E-state index is 6.46. The molecule has 0 spiro atoms. The summed E-state index contributed by atoms with van der Waals surface area (Å²) in [6.45, 7) is 4.99. The number of aliphatic imine (C=N–C) groups is 1. The van der Waals surface area contributed by atoms with E-state index in [1.165, 1.54) is 5.69 Å². The van der Waals surface area contributed by atoms with Crippen molar-refractivity contribution in [1.29, 1.82) is 0 Å². The summed E-state index contributed by atoms with van der Waals surface area (Å²) in [7, 11) is 2.18. The lowest BCUT2D eigenvalue weighted by atomic mass is 9.93. The lowest BCUT2D eigenvalue weighted by Crippen LogP contribution is -2.44. The normalized spacial score (nSPS) is 17.3. The summed E-state index contributed by atoms with van der Waals surface area (Å²) < 4.78 is 0. The first-order valence-electron chi connectivity index (χ1n) is 11.2. The van der Waals surface area contributed by atoms with Crippen LogP contribution in [0.4, 0.5) is 11.4 Å². The molecule has 0 radical (unpaired) electrons. The largest absolute Gasteiger partial charge is 0.369 e. The van der Waals surface area contributed by atoms with Crippen LogP contribution in [0, 0.1) is 0 Å². The number of anilines is 2.